The van der Waals surface area contributed by atoms with Gasteiger partial charge in [0.15, 0.2) is 0 Å². The van der Waals surface area contributed by atoms with Crippen LogP contribution in [0.25, 0.3) is 10.9 Å². The summed E-state index contributed by atoms with van der Waals surface area (Å²) in [6, 6.07) is 6.85. The van der Waals surface area contributed by atoms with Crippen molar-refractivity contribution in [1.82, 2.24) is 19.7 Å². The van der Waals surface area contributed by atoms with Gasteiger partial charge in [-0.1, -0.05) is 6.92 Å². The van der Waals surface area contributed by atoms with Crippen LogP contribution in [0.5, 0.6) is 0 Å². The van der Waals surface area contributed by atoms with E-state index < -0.39 is 0 Å². The number of carbonyl (C=O) groups excluding carboxylic acids is 1. The number of aromatic amines is 1. The smallest absolute Gasteiger partial charge is 0.270 e. The number of rotatable bonds is 5. The summed E-state index contributed by atoms with van der Waals surface area (Å²) in [6.45, 7) is 6.23. The Bertz CT molecular complexity index is 1080. The van der Waals surface area contributed by atoms with Gasteiger partial charge in [0.1, 0.15) is 17.3 Å². The minimum absolute atomic E-state index is 0.0706. The van der Waals surface area contributed by atoms with Crippen LogP contribution in [0.15, 0.2) is 24.3 Å². The molecule has 1 amide bonds. The molecule has 0 aliphatic carbocycles. The number of anilines is 1. The molecule has 8 heteroatoms. The van der Waals surface area contributed by atoms with Crippen molar-refractivity contribution < 1.29 is 13.9 Å². The zero-order valence-corrected chi connectivity index (χ0v) is 17.1. The summed E-state index contributed by atoms with van der Waals surface area (Å²) in [5.74, 6) is 1.02. The van der Waals surface area contributed by atoms with Gasteiger partial charge in [-0.3, -0.25) is 9.48 Å². The lowest BCUT2D eigenvalue weighted by Gasteiger charge is -2.27. The fraction of sp³-hybridized carbons (Fsp3) is 0.455. The van der Waals surface area contributed by atoms with E-state index >= 15 is 0 Å². The molecule has 2 aliphatic rings. The molecule has 7 nitrogen and oxygen atoms in total. The molecular weight excluding hydrogens is 385 g/mol. The number of ether oxygens (including phenoxy) is 1. The van der Waals surface area contributed by atoms with Crippen molar-refractivity contribution in [1.29, 1.82) is 0 Å². The summed E-state index contributed by atoms with van der Waals surface area (Å²) >= 11 is 0. The molecule has 0 bridgehead atoms. The summed E-state index contributed by atoms with van der Waals surface area (Å²) in [7, 11) is 0. The fourth-order valence-electron chi connectivity index (χ4n) is 4.37. The zero-order chi connectivity index (χ0) is 20.7. The van der Waals surface area contributed by atoms with E-state index in [0.29, 0.717) is 43.2 Å². The van der Waals surface area contributed by atoms with E-state index in [0.717, 1.165) is 48.6 Å². The van der Waals surface area contributed by atoms with Gasteiger partial charge in [0.25, 0.3) is 5.91 Å². The van der Waals surface area contributed by atoms with Crippen molar-refractivity contribution in [3.8, 4) is 0 Å². The highest BCUT2D eigenvalue weighted by molar-refractivity contribution is 5.99. The highest BCUT2D eigenvalue weighted by Crippen LogP contribution is 2.25. The molecule has 30 heavy (non-hydrogen) atoms. The minimum atomic E-state index is -0.286. The highest BCUT2D eigenvalue weighted by Gasteiger charge is 2.25. The molecular formula is C22H26FN5O2. The number of halogens is 1. The third-order valence-electron chi connectivity index (χ3n) is 6.08. The molecule has 1 unspecified atom stereocenters. The van der Waals surface area contributed by atoms with Crippen LogP contribution in [0, 0.1) is 11.7 Å². The third-order valence-corrected chi connectivity index (χ3v) is 6.08. The molecule has 5 rings (SSSR count). The zero-order valence-electron chi connectivity index (χ0n) is 17.1. The number of aromatic nitrogens is 3. The maximum atomic E-state index is 13.8. The fourth-order valence-corrected chi connectivity index (χ4v) is 4.37. The molecule has 0 saturated carbocycles. The second-order valence-corrected chi connectivity index (χ2v) is 8.14. The van der Waals surface area contributed by atoms with Gasteiger partial charge in [-0.05, 0) is 36.6 Å². The van der Waals surface area contributed by atoms with Crippen LogP contribution in [0.2, 0.25) is 0 Å². The molecule has 1 fully saturated rings. The van der Waals surface area contributed by atoms with Crippen LogP contribution in [0.3, 0.4) is 0 Å². The molecule has 1 atom stereocenters. The first-order valence-electron chi connectivity index (χ1n) is 10.6. The van der Waals surface area contributed by atoms with Gasteiger partial charge < -0.3 is 19.9 Å². The predicted octanol–water partition coefficient (Wildman–Crippen LogP) is 3.17. The van der Waals surface area contributed by atoms with E-state index in [2.05, 4.69) is 15.4 Å². The maximum Gasteiger partial charge on any atom is 0.270 e. The van der Waals surface area contributed by atoms with Crippen molar-refractivity contribution in [2.24, 2.45) is 5.92 Å². The Morgan fingerprint density at radius 2 is 2.23 bits per heavy atom. The average molecular weight is 411 g/mol. The van der Waals surface area contributed by atoms with E-state index in [-0.39, 0.29) is 11.7 Å². The number of nitrogens with one attached hydrogen (secondary N) is 2. The van der Waals surface area contributed by atoms with Crippen molar-refractivity contribution >= 4 is 22.6 Å². The Balaban J connectivity index is 1.30. The Kier molecular flexibility index (Phi) is 4.94. The maximum absolute atomic E-state index is 13.8. The lowest BCUT2D eigenvalue weighted by molar-refractivity contribution is 0.0701. The van der Waals surface area contributed by atoms with Gasteiger partial charge in [-0.15, -0.1) is 0 Å². The second kappa shape index (κ2) is 7.75. The van der Waals surface area contributed by atoms with Crippen molar-refractivity contribution in [3.63, 3.8) is 0 Å². The largest absolute Gasteiger partial charge is 0.381 e. The number of benzene rings is 1. The van der Waals surface area contributed by atoms with Gasteiger partial charge in [-0.25, -0.2) is 4.39 Å². The van der Waals surface area contributed by atoms with Crippen LogP contribution >= 0.6 is 0 Å². The van der Waals surface area contributed by atoms with E-state index in [4.69, 9.17) is 4.74 Å². The molecule has 2 aromatic heterocycles. The van der Waals surface area contributed by atoms with Crippen molar-refractivity contribution in [2.75, 3.05) is 31.6 Å². The lowest BCUT2D eigenvalue weighted by atomic mass is 10.1. The number of aryl methyl sites for hydroxylation is 1. The molecule has 1 saturated heterocycles. The highest BCUT2D eigenvalue weighted by atomic mass is 19.1. The normalized spacial score (nSPS) is 18.7. The summed E-state index contributed by atoms with van der Waals surface area (Å²) in [5, 5.41) is 8.93. The molecule has 0 spiro atoms. The molecule has 0 radical (unpaired) electrons. The number of fused-ring (bicyclic) bond motifs is 2. The van der Waals surface area contributed by atoms with Crippen molar-refractivity contribution in [2.45, 2.75) is 32.9 Å². The molecule has 2 aliphatic heterocycles. The Morgan fingerprint density at radius 1 is 1.33 bits per heavy atom. The quantitative estimate of drug-likeness (QED) is 0.676. The number of hydrogen-bond acceptors (Lipinski definition) is 4. The number of amides is 1. The van der Waals surface area contributed by atoms with E-state index in [1.54, 1.807) is 0 Å². The summed E-state index contributed by atoms with van der Waals surface area (Å²) in [5.41, 5.74) is 3.08. The van der Waals surface area contributed by atoms with Crippen LogP contribution < -0.4 is 5.32 Å². The molecule has 3 aromatic rings. The Hall–Kier alpha value is -2.87. The first-order valence-corrected chi connectivity index (χ1v) is 10.6. The van der Waals surface area contributed by atoms with Crippen molar-refractivity contribution in [3.05, 3.63) is 47.0 Å². The number of carbonyl (C=O) groups is 1. The van der Waals surface area contributed by atoms with Gasteiger partial charge in [0.05, 0.1) is 25.4 Å². The SMILES string of the molecule is CCc1cc(F)cc2[nH]c(C(=O)N3CCn4nc(NCC5CCOC5)cc4C3)cc12. The van der Waals surface area contributed by atoms with E-state index in [1.807, 2.05) is 28.6 Å². The standard InChI is InChI=1S/C22H26FN5O2/c1-2-15-7-16(23)8-19-18(15)10-20(25-19)22(29)27-4-5-28-17(12-27)9-21(26-28)24-11-14-3-6-30-13-14/h7-10,14,25H,2-6,11-13H2,1H3,(H,24,26). The summed E-state index contributed by atoms with van der Waals surface area (Å²) in [4.78, 5) is 18.0. The molecule has 2 N–H and O–H groups in total. The summed E-state index contributed by atoms with van der Waals surface area (Å²) in [6.07, 6.45) is 1.79. The van der Waals surface area contributed by atoms with Crippen LogP contribution in [0.4, 0.5) is 10.2 Å². The van der Waals surface area contributed by atoms with E-state index in [9.17, 15) is 9.18 Å². The first kappa shape index (κ1) is 19.1. The second-order valence-electron chi connectivity index (χ2n) is 8.14. The van der Waals surface area contributed by atoms with Crippen LogP contribution in [-0.2, 0) is 24.2 Å². The monoisotopic (exact) mass is 411 g/mol. The van der Waals surface area contributed by atoms with Crippen LogP contribution in [-0.4, -0.2) is 51.9 Å². The third kappa shape index (κ3) is 3.56. The Labute approximate surface area is 174 Å². The number of H-pyrrole nitrogens is 1. The van der Waals surface area contributed by atoms with Crippen LogP contribution in [0.1, 0.15) is 35.1 Å². The average Bonchev–Trinajstić information content (AvgIpc) is 3.49. The molecule has 158 valence electrons. The number of nitrogens with zero attached hydrogens (tertiary/aromatic N) is 3. The topological polar surface area (TPSA) is 75.2 Å². The lowest BCUT2D eigenvalue weighted by Crippen LogP contribution is -2.38. The van der Waals surface area contributed by atoms with Gasteiger partial charge in [0, 0.05) is 42.6 Å². The van der Waals surface area contributed by atoms with E-state index in [1.165, 1.54) is 12.1 Å². The van der Waals surface area contributed by atoms with Gasteiger partial charge in [-0.2, -0.15) is 5.10 Å². The first-order chi connectivity index (χ1) is 14.6. The summed E-state index contributed by atoms with van der Waals surface area (Å²) < 4.78 is 21.2. The Morgan fingerprint density at radius 3 is 3.03 bits per heavy atom. The minimum Gasteiger partial charge on any atom is -0.381 e. The molecule has 1 aromatic carbocycles. The predicted molar refractivity (Wildman–Crippen MR) is 112 cm³/mol. The van der Waals surface area contributed by atoms with Gasteiger partial charge in [0.2, 0.25) is 0 Å². The number of hydrogen-bond donors (Lipinski definition) is 2. The molecule has 4 heterocycles. The van der Waals surface area contributed by atoms with Gasteiger partial charge >= 0.3 is 0 Å².